The van der Waals surface area contributed by atoms with E-state index in [1.165, 1.54) is 19.9 Å². The fourth-order valence-corrected chi connectivity index (χ4v) is 5.53. The number of carbonyl (C=O) groups excluding carboxylic acids is 2. The number of halogens is 1. The molecule has 38 heavy (non-hydrogen) atoms. The second-order valence-electron chi connectivity index (χ2n) is 9.19. The van der Waals surface area contributed by atoms with Crippen molar-refractivity contribution in [1.29, 1.82) is 0 Å². The highest BCUT2D eigenvalue weighted by atomic mass is 31.2. The molecule has 0 aromatic carbocycles. The molecule has 0 aromatic rings. The van der Waals surface area contributed by atoms with Crippen LogP contribution in [0.2, 0.25) is 0 Å². The van der Waals surface area contributed by atoms with Crippen molar-refractivity contribution >= 4 is 19.7 Å². The van der Waals surface area contributed by atoms with Crippen molar-refractivity contribution in [3.05, 3.63) is 62.3 Å². The minimum Gasteiger partial charge on any atom is -0.465 e. The van der Waals surface area contributed by atoms with Crippen molar-refractivity contribution in [1.82, 2.24) is 15.3 Å². The van der Waals surface area contributed by atoms with Gasteiger partial charge in [-0.1, -0.05) is 24.8 Å². The van der Waals surface area contributed by atoms with Crippen LogP contribution in [0.25, 0.3) is 0 Å². The number of amides is 2. The summed E-state index contributed by atoms with van der Waals surface area (Å²) in [5.41, 5.74) is -1.52. The predicted octanol–water partition coefficient (Wildman–Crippen LogP) is 3.68. The molecule has 2 amide bonds. The first-order chi connectivity index (χ1) is 17.8. The Hall–Kier alpha value is -2.76. The van der Waals surface area contributed by atoms with Crippen LogP contribution in [0.15, 0.2) is 62.3 Å². The van der Waals surface area contributed by atoms with Gasteiger partial charge in [0.2, 0.25) is 0 Å². The zero-order valence-corrected chi connectivity index (χ0v) is 22.8. The van der Waals surface area contributed by atoms with E-state index in [1.54, 1.807) is 19.1 Å². The van der Waals surface area contributed by atoms with Gasteiger partial charge in [0.1, 0.15) is 29.5 Å². The van der Waals surface area contributed by atoms with Crippen LogP contribution in [0.1, 0.15) is 27.2 Å². The molecule has 13 heteroatoms. The normalized spacial score (nSPS) is 24.1. The van der Waals surface area contributed by atoms with Crippen LogP contribution in [-0.4, -0.2) is 65.7 Å². The topological polar surface area (TPSA) is 136 Å². The van der Waals surface area contributed by atoms with E-state index in [9.17, 15) is 23.7 Å². The van der Waals surface area contributed by atoms with Gasteiger partial charge < -0.3 is 24.4 Å². The molecule has 1 fully saturated rings. The van der Waals surface area contributed by atoms with Gasteiger partial charge in [-0.05, 0) is 20.8 Å². The SMILES string of the molecule is C=CC(C=C)C(C=C)C(=C)OP(=O)(NC(C)(C)C(=O)OCC)OC[C@H]1O[C@@H](N2C=C(F)CNC2=O)CC1O. The number of hydrogen-bond acceptors (Lipinski definition) is 8. The average molecular weight is 558 g/mol. The van der Waals surface area contributed by atoms with Crippen LogP contribution in [0.4, 0.5) is 9.18 Å². The Kier molecular flexibility index (Phi) is 11.0. The molecule has 0 aromatic heterocycles. The van der Waals surface area contributed by atoms with Gasteiger partial charge in [0, 0.05) is 24.5 Å². The van der Waals surface area contributed by atoms with E-state index in [-0.39, 0.29) is 31.2 Å². The van der Waals surface area contributed by atoms with Crippen molar-refractivity contribution in [2.24, 2.45) is 11.8 Å². The largest absolute Gasteiger partial charge is 0.465 e. The maximum absolute atomic E-state index is 13.9. The molecule has 2 rings (SSSR count). The molecule has 1 saturated heterocycles. The van der Waals surface area contributed by atoms with E-state index in [4.69, 9.17) is 18.5 Å². The average Bonchev–Trinajstić information content (AvgIpc) is 3.22. The van der Waals surface area contributed by atoms with Crippen molar-refractivity contribution in [2.45, 2.75) is 51.2 Å². The summed E-state index contributed by atoms with van der Waals surface area (Å²) in [5.74, 6) is -2.23. The highest BCUT2D eigenvalue weighted by Crippen LogP contribution is 2.50. The van der Waals surface area contributed by atoms with E-state index in [0.29, 0.717) is 0 Å². The van der Waals surface area contributed by atoms with Crippen molar-refractivity contribution in [3.63, 3.8) is 0 Å². The van der Waals surface area contributed by atoms with Crippen LogP contribution in [0.5, 0.6) is 0 Å². The Balaban J connectivity index is 2.24. The van der Waals surface area contributed by atoms with E-state index in [2.05, 4.69) is 36.7 Å². The highest BCUT2D eigenvalue weighted by molar-refractivity contribution is 7.51. The van der Waals surface area contributed by atoms with Crippen molar-refractivity contribution in [3.8, 4) is 0 Å². The van der Waals surface area contributed by atoms with Gasteiger partial charge in [0.05, 0.1) is 25.9 Å². The number of rotatable bonds is 15. The second kappa shape index (κ2) is 13.3. The smallest absolute Gasteiger partial charge is 0.459 e. The number of nitrogens with zero attached hydrogens (tertiary/aromatic N) is 1. The number of aliphatic hydroxyl groups is 1. The fourth-order valence-electron chi connectivity index (χ4n) is 3.82. The van der Waals surface area contributed by atoms with Gasteiger partial charge >= 0.3 is 19.7 Å². The fraction of sp³-hybridized carbons (Fsp3) is 0.520. The Morgan fingerprint density at radius 1 is 1.39 bits per heavy atom. The summed E-state index contributed by atoms with van der Waals surface area (Å²) >= 11 is 0. The van der Waals surface area contributed by atoms with Gasteiger partial charge in [-0.2, -0.15) is 5.09 Å². The number of aliphatic hydroxyl groups excluding tert-OH is 1. The van der Waals surface area contributed by atoms with E-state index >= 15 is 0 Å². The molecule has 0 aliphatic carbocycles. The van der Waals surface area contributed by atoms with Gasteiger partial charge in [0.25, 0.3) is 0 Å². The van der Waals surface area contributed by atoms with Crippen molar-refractivity contribution in [2.75, 3.05) is 19.8 Å². The molecular formula is C25H37FN3O8P. The molecule has 0 radical (unpaired) electrons. The van der Waals surface area contributed by atoms with Crippen LogP contribution >= 0.6 is 7.75 Å². The van der Waals surface area contributed by atoms with Gasteiger partial charge in [-0.3, -0.25) is 14.2 Å². The summed E-state index contributed by atoms with van der Waals surface area (Å²) in [4.78, 5) is 25.6. The molecule has 0 spiro atoms. The third-order valence-corrected chi connectivity index (χ3v) is 7.67. The first-order valence-corrected chi connectivity index (χ1v) is 13.6. The molecule has 2 aliphatic heterocycles. The van der Waals surface area contributed by atoms with E-state index in [0.717, 1.165) is 11.1 Å². The number of ether oxygens (including phenoxy) is 2. The van der Waals surface area contributed by atoms with Crippen LogP contribution in [0.3, 0.4) is 0 Å². The van der Waals surface area contributed by atoms with Gasteiger partial charge in [0.15, 0.2) is 0 Å². The first kappa shape index (κ1) is 31.5. The zero-order chi connectivity index (χ0) is 28.7. The van der Waals surface area contributed by atoms with Crippen LogP contribution in [-0.2, 0) is 27.9 Å². The summed E-state index contributed by atoms with van der Waals surface area (Å²) in [6.45, 7) is 18.9. The van der Waals surface area contributed by atoms with E-state index in [1.807, 2.05) is 0 Å². The van der Waals surface area contributed by atoms with Crippen LogP contribution in [0, 0.1) is 11.8 Å². The first-order valence-electron chi connectivity index (χ1n) is 12.0. The molecule has 2 aliphatic rings. The molecule has 3 unspecified atom stereocenters. The molecule has 2 heterocycles. The lowest BCUT2D eigenvalue weighted by Gasteiger charge is -2.32. The third-order valence-electron chi connectivity index (χ3n) is 5.87. The summed E-state index contributed by atoms with van der Waals surface area (Å²) in [6.07, 6.45) is 2.44. The quantitative estimate of drug-likeness (QED) is 0.119. The number of allylic oxidation sites excluding steroid dienone is 3. The molecule has 11 nitrogen and oxygen atoms in total. The Morgan fingerprint density at radius 3 is 2.63 bits per heavy atom. The number of carbonyl (C=O) groups is 2. The molecule has 3 N–H and O–H groups in total. The summed E-state index contributed by atoms with van der Waals surface area (Å²) in [6, 6.07) is -0.595. The summed E-state index contributed by atoms with van der Waals surface area (Å²) < 4.78 is 49.7. The Morgan fingerprint density at radius 2 is 2.05 bits per heavy atom. The lowest BCUT2D eigenvalue weighted by molar-refractivity contribution is -0.149. The van der Waals surface area contributed by atoms with E-state index < -0.39 is 62.1 Å². The lowest BCUT2D eigenvalue weighted by atomic mass is 9.91. The lowest BCUT2D eigenvalue weighted by Crippen LogP contribution is -2.47. The number of esters is 1. The third kappa shape index (κ3) is 7.87. The predicted molar refractivity (Wildman–Crippen MR) is 139 cm³/mol. The monoisotopic (exact) mass is 557 g/mol. The Labute approximate surface area is 222 Å². The summed E-state index contributed by atoms with van der Waals surface area (Å²) in [7, 11) is -4.38. The minimum absolute atomic E-state index is 0.00309. The molecule has 0 bridgehead atoms. The maximum Gasteiger partial charge on any atom is 0.459 e. The van der Waals surface area contributed by atoms with Gasteiger partial charge in [-0.15, -0.1) is 19.7 Å². The molecule has 5 atom stereocenters. The van der Waals surface area contributed by atoms with Crippen LogP contribution < -0.4 is 10.4 Å². The molecule has 212 valence electrons. The summed E-state index contributed by atoms with van der Waals surface area (Å²) in [5, 5.41) is 15.5. The molecular weight excluding hydrogens is 520 g/mol. The standard InChI is InChI=1S/C25H37FN3O8P/c1-8-17(9-2)19(10-3)16(5)37-38(33,28-25(6,7)23(31)34-11-4)35-15-21-20(30)12-22(36-21)29-14-18(26)13-27-24(29)32/h8-10,14,17,19-22,30H,1-3,5,11-13,15H2,4,6-7H3,(H,27,32)(H,28,33)/t19?,20?,21-,22-,38?/m1/s1. The zero-order valence-electron chi connectivity index (χ0n) is 21.9. The maximum atomic E-state index is 13.9. The van der Waals surface area contributed by atoms with Crippen molar-refractivity contribution < 1.29 is 42.2 Å². The number of hydrogen-bond donors (Lipinski definition) is 3. The number of urea groups is 1. The minimum atomic E-state index is -4.38. The Bertz CT molecular complexity index is 1010. The number of nitrogens with one attached hydrogen (secondary N) is 2. The second-order valence-corrected chi connectivity index (χ2v) is 10.9. The molecule has 0 saturated carbocycles. The van der Waals surface area contributed by atoms with Gasteiger partial charge in [-0.25, -0.2) is 13.8 Å². The highest BCUT2D eigenvalue weighted by Gasteiger charge is 2.44.